The fourth-order valence-corrected chi connectivity index (χ4v) is 4.08. The van der Waals surface area contributed by atoms with Crippen LogP contribution in [0.3, 0.4) is 0 Å². The second-order valence-electron chi connectivity index (χ2n) is 7.62. The Morgan fingerprint density at radius 2 is 1.90 bits per heavy atom. The second kappa shape index (κ2) is 9.18. The van der Waals surface area contributed by atoms with E-state index in [1.54, 1.807) is 30.3 Å². The Kier molecular flexibility index (Phi) is 6.18. The Labute approximate surface area is 181 Å². The summed E-state index contributed by atoms with van der Waals surface area (Å²) in [6.45, 7) is 4.96. The Hall–Kier alpha value is -3.38. The molecule has 0 spiro atoms. The van der Waals surface area contributed by atoms with Crippen molar-refractivity contribution < 1.29 is 24.2 Å². The Bertz CT molecular complexity index is 990. The number of aliphatic hydroxyl groups is 1. The molecular formula is C25H25NO5. The molecule has 2 aliphatic rings. The maximum Gasteiger partial charge on any atom is 0.295 e. The fourth-order valence-electron chi connectivity index (χ4n) is 4.08. The van der Waals surface area contributed by atoms with Gasteiger partial charge in [-0.25, -0.2) is 0 Å². The third-order valence-corrected chi connectivity index (χ3v) is 5.58. The number of amides is 1. The molecule has 0 radical (unpaired) electrons. The molecular weight excluding hydrogens is 394 g/mol. The maximum absolute atomic E-state index is 13.0. The standard InChI is InChI=1S/C25H25NO5/c1-2-14-30-19-12-10-18(11-13-19)23(27)21-22(17-7-4-3-5-8-17)26(25(29)24(21)28)16-20-9-6-15-31-20/h2-5,7-8,10-13,20,22,27H,1,6,9,14-16H2/t20-,22+/m1/s1. The van der Waals surface area contributed by atoms with Gasteiger partial charge in [-0.1, -0.05) is 43.0 Å². The summed E-state index contributed by atoms with van der Waals surface area (Å²) in [4.78, 5) is 27.5. The molecule has 1 N–H and O–H groups in total. The van der Waals surface area contributed by atoms with Gasteiger partial charge in [0.25, 0.3) is 11.7 Å². The highest BCUT2D eigenvalue weighted by molar-refractivity contribution is 6.46. The van der Waals surface area contributed by atoms with Crippen molar-refractivity contribution in [2.24, 2.45) is 0 Å². The van der Waals surface area contributed by atoms with E-state index in [4.69, 9.17) is 9.47 Å². The van der Waals surface area contributed by atoms with E-state index in [9.17, 15) is 14.7 Å². The average molecular weight is 419 g/mol. The minimum Gasteiger partial charge on any atom is -0.507 e. The van der Waals surface area contributed by atoms with E-state index in [1.165, 1.54) is 4.90 Å². The van der Waals surface area contributed by atoms with Gasteiger partial charge in [-0.05, 0) is 42.7 Å². The summed E-state index contributed by atoms with van der Waals surface area (Å²) in [5.74, 6) is -0.875. The molecule has 1 amide bonds. The lowest BCUT2D eigenvalue weighted by atomic mass is 9.95. The molecule has 2 saturated heterocycles. The van der Waals surface area contributed by atoms with E-state index in [1.807, 2.05) is 30.3 Å². The van der Waals surface area contributed by atoms with Crippen LogP contribution in [0.1, 0.15) is 30.0 Å². The fraction of sp³-hybridized carbons (Fsp3) is 0.280. The molecule has 0 aliphatic carbocycles. The number of likely N-dealkylation sites (tertiary alicyclic amines) is 1. The summed E-state index contributed by atoms with van der Waals surface area (Å²) in [6, 6.07) is 15.4. The Balaban J connectivity index is 1.73. The highest BCUT2D eigenvalue weighted by Crippen LogP contribution is 2.40. The molecule has 0 unspecified atom stereocenters. The summed E-state index contributed by atoms with van der Waals surface area (Å²) in [5, 5.41) is 11.1. The van der Waals surface area contributed by atoms with E-state index in [2.05, 4.69) is 6.58 Å². The number of aliphatic hydroxyl groups excluding tert-OH is 1. The number of hydrogen-bond acceptors (Lipinski definition) is 5. The van der Waals surface area contributed by atoms with Crippen molar-refractivity contribution in [3.8, 4) is 5.75 Å². The van der Waals surface area contributed by atoms with Crippen molar-refractivity contribution in [3.05, 3.63) is 84.0 Å². The van der Waals surface area contributed by atoms with Crippen molar-refractivity contribution >= 4 is 17.4 Å². The predicted octanol–water partition coefficient (Wildman–Crippen LogP) is 3.85. The molecule has 4 rings (SSSR count). The number of Topliss-reactive ketones (excluding diaryl/α,β-unsaturated/α-hetero) is 1. The number of ether oxygens (including phenoxy) is 2. The SMILES string of the molecule is C=CCOc1ccc(C(O)=C2C(=O)C(=O)N(C[C@H]3CCCO3)[C@H]2c2ccccc2)cc1. The van der Waals surface area contributed by atoms with Gasteiger partial charge >= 0.3 is 0 Å². The number of nitrogens with zero attached hydrogens (tertiary/aromatic N) is 1. The van der Waals surface area contributed by atoms with Crippen molar-refractivity contribution in [3.63, 3.8) is 0 Å². The van der Waals surface area contributed by atoms with Gasteiger partial charge in [0.05, 0.1) is 17.7 Å². The van der Waals surface area contributed by atoms with Crippen LogP contribution in [0.15, 0.2) is 72.8 Å². The summed E-state index contributed by atoms with van der Waals surface area (Å²) >= 11 is 0. The lowest BCUT2D eigenvalue weighted by Gasteiger charge is -2.27. The number of ketones is 1. The van der Waals surface area contributed by atoms with Crippen molar-refractivity contribution in [2.75, 3.05) is 19.8 Å². The maximum atomic E-state index is 13.0. The molecule has 0 aromatic heterocycles. The van der Waals surface area contributed by atoms with Crippen LogP contribution >= 0.6 is 0 Å². The monoisotopic (exact) mass is 419 g/mol. The van der Waals surface area contributed by atoms with E-state index < -0.39 is 17.7 Å². The van der Waals surface area contributed by atoms with Gasteiger partial charge < -0.3 is 19.5 Å². The first-order valence-electron chi connectivity index (χ1n) is 10.4. The molecule has 2 heterocycles. The van der Waals surface area contributed by atoms with Crippen LogP contribution in [-0.2, 0) is 14.3 Å². The minimum atomic E-state index is -0.684. The van der Waals surface area contributed by atoms with Crippen LogP contribution in [0, 0.1) is 0 Å². The molecule has 2 atom stereocenters. The number of carbonyl (C=O) groups is 2. The molecule has 2 aromatic carbocycles. The molecule has 2 aromatic rings. The normalized spacial score (nSPS) is 22.6. The van der Waals surface area contributed by atoms with Crippen molar-refractivity contribution in [2.45, 2.75) is 25.0 Å². The molecule has 2 aliphatic heterocycles. The van der Waals surface area contributed by atoms with Gasteiger partial charge in [-0.3, -0.25) is 9.59 Å². The smallest absolute Gasteiger partial charge is 0.295 e. The molecule has 2 fully saturated rings. The highest BCUT2D eigenvalue weighted by Gasteiger charge is 2.46. The van der Waals surface area contributed by atoms with Crippen LogP contribution in [0.5, 0.6) is 5.75 Å². The summed E-state index contributed by atoms with van der Waals surface area (Å²) in [6.07, 6.45) is 3.32. The van der Waals surface area contributed by atoms with E-state index in [0.29, 0.717) is 31.1 Å². The topological polar surface area (TPSA) is 76.1 Å². The quantitative estimate of drug-likeness (QED) is 0.319. The van der Waals surface area contributed by atoms with Crippen LogP contribution in [0.2, 0.25) is 0 Å². The van der Waals surface area contributed by atoms with Crippen molar-refractivity contribution in [1.29, 1.82) is 0 Å². The first-order valence-corrected chi connectivity index (χ1v) is 10.4. The zero-order valence-corrected chi connectivity index (χ0v) is 17.2. The zero-order chi connectivity index (χ0) is 21.8. The third kappa shape index (κ3) is 4.25. The number of carbonyl (C=O) groups excluding carboxylic acids is 2. The second-order valence-corrected chi connectivity index (χ2v) is 7.62. The molecule has 0 saturated carbocycles. The lowest BCUT2D eigenvalue weighted by Crippen LogP contribution is -2.36. The Morgan fingerprint density at radius 1 is 1.16 bits per heavy atom. The molecule has 160 valence electrons. The number of benzene rings is 2. The van der Waals surface area contributed by atoms with Crippen LogP contribution in [0.4, 0.5) is 0 Å². The van der Waals surface area contributed by atoms with Gasteiger partial charge in [0.15, 0.2) is 0 Å². The highest BCUT2D eigenvalue weighted by atomic mass is 16.5. The van der Waals surface area contributed by atoms with Crippen LogP contribution in [-0.4, -0.2) is 47.6 Å². The first-order chi connectivity index (χ1) is 15.1. The molecule has 6 nitrogen and oxygen atoms in total. The summed E-state index contributed by atoms with van der Waals surface area (Å²) in [5.41, 5.74) is 1.31. The number of hydrogen-bond donors (Lipinski definition) is 1. The minimum absolute atomic E-state index is 0.0916. The molecule has 0 bridgehead atoms. The molecule has 6 heteroatoms. The van der Waals surface area contributed by atoms with Gasteiger partial charge in [-0.15, -0.1) is 0 Å². The van der Waals surface area contributed by atoms with Crippen LogP contribution < -0.4 is 4.74 Å². The zero-order valence-electron chi connectivity index (χ0n) is 17.2. The van der Waals surface area contributed by atoms with E-state index in [0.717, 1.165) is 18.4 Å². The van der Waals surface area contributed by atoms with Gasteiger partial charge in [0.1, 0.15) is 18.1 Å². The first kappa shape index (κ1) is 20.9. The van der Waals surface area contributed by atoms with Gasteiger partial charge in [0.2, 0.25) is 0 Å². The lowest BCUT2D eigenvalue weighted by molar-refractivity contribution is -0.140. The summed E-state index contributed by atoms with van der Waals surface area (Å²) in [7, 11) is 0. The largest absolute Gasteiger partial charge is 0.507 e. The predicted molar refractivity (Wildman–Crippen MR) is 117 cm³/mol. The average Bonchev–Trinajstić information content (AvgIpc) is 3.40. The third-order valence-electron chi connectivity index (χ3n) is 5.58. The van der Waals surface area contributed by atoms with Crippen LogP contribution in [0.25, 0.3) is 5.76 Å². The van der Waals surface area contributed by atoms with E-state index in [-0.39, 0.29) is 17.4 Å². The van der Waals surface area contributed by atoms with E-state index >= 15 is 0 Å². The summed E-state index contributed by atoms with van der Waals surface area (Å²) < 4.78 is 11.2. The van der Waals surface area contributed by atoms with Gasteiger partial charge in [-0.2, -0.15) is 0 Å². The number of rotatable bonds is 7. The van der Waals surface area contributed by atoms with Gasteiger partial charge in [0, 0.05) is 18.7 Å². The Morgan fingerprint density at radius 3 is 2.55 bits per heavy atom. The van der Waals surface area contributed by atoms with Crippen molar-refractivity contribution in [1.82, 2.24) is 4.90 Å². The molecule has 31 heavy (non-hydrogen) atoms.